The lowest BCUT2D eigenvalue weighted by atomic mass is 10.1. The van der Waals surface area contributed by atoms with E-state index in [2.05, 4.69) is 20.9 Å². The van der Waals surface area contributed by atoms with Gasteiger partial charge in [0.2, 0.25) is 0 Å². The number of nitrogens with zero attached hydrogens (tertiary/aromatic N) is 1. The van der Waals surface area contributed by atoms with Gasteiger partial charge in [0, 0.05) is 16.5 Å². The zero-order chi connectivity index (χ0) is 11.5. The second kappa shape index (κ2) is 4.97. The molecule has 0 aliphatic heterocycles. The van der Waals surface area contributed by atoms with Crippen LogP contribution in [0.3, 0.4) is 0 Å². The summed E-state index contributed by atoms with van der Waals surface area (Å²) in [5.41, 5.74) is 8.56. The number of hydrogen-bond acceptors (Lipinski definition) is 3. The van der Waals surface area contributed by atoms with Crippen LogP contribution in [0.2, 0.25) is 0 Å². The third kappa shape index (κ3) is 2.13. The number of aryl methyl sites for hydroxylation is 2. The van der Waals surface area contributed by atoms with E-state index >= 15 is 0 Å². The second-order valence-electron chi connectivity index (χ2n) is 3.73. The van der Waals surface area contributed by atoms with E-state index in [0.717, 1.165) is 40.7 Å². The summed E-state index contributed by atoms with van der Waals surface area (Å²) < 4.78 is 6.82. The molecule has 0 bridgehead atoms. The molecule has 0 radical (unpaired) electrons. The van der Waals surface area contributed by atoms with E-state index in [0.29, 0.717) is 6.54 Å². The molecule has 1 aromatic carbocycles. The van der Waals surface area contributed by atoms with Crippen LogP contribution in [0.15, 0.2) is 21.0 Å². The minimum absolute atomic E-state index is 0.692. The minimum Gasteiger partial charge on any atom is -0.440 e. The lowest BCUT2D eigenvalue weighted by molar-refractivity contribution is 0.534. The summed E-state index contributed by atoms with van der Waals surface area (Å²) in [5.74, 6) is 0.794. The summed E-state index contributed by atoms with van der Waals surface area (Å²) >= 11 is 3.55. The first-order chi connectivity index (χ1) is 7.76. The molecular formula is C12H15BrN2O. The molecule has 2 aromatic rings. The van der Waals surface area contributed by atoms with Crippen LogP contribution in [0.5, 0.6) is 0 Å². The first-order valence-corrected chi connectivity index (χ1v) is 6.32. The van der Waals surface area contributed by atoms with Crippen molar-refractivity contribution in [1.82, 2.24) is 4.98 Å². The standard InChI is InChI=1S/C12H15BrN2O/c1-2-11-15-10-6-5-9(13)8(4-3-7-14)12(10)16-11/h5-6H,2-4,7,14H2,1H3. The monoisotopic (exact) mass is 282 g/mol. The van der Waals surface area contributed by atoms with E-state index in [1.807, 2.05) is 19.1 Å². The van der Waals surface area contributed by atoms with E-state index in [9.17, 15) is 0 Å². The number of oxazole rings is 1. The Labute approximate surface area is 103 Å². The van der Waals surface area contributed by atoms with Crippen molar-refractivity contribution < 1.29 is 4.42 Å². The fourth-order valence-electron chi connectivity index (χ4n) is 1.73. The highest BCUT2D eigenvalue weighted by Crippen LogP contribution is 2.28. The van der Waals surface area contributed by atoms with E-state index < -0.39 is 0 Å². The number of aromatic nitrogens is 1. The Balaban J connectivity index is 2.50. The van der Waals surface area contributed by atoms with Gasteiger partial charge in [0.1, 0.15) is 5.52 Å². The zero-order valence-electron chi connectivity index (χ0n) is 9.29. The van der Waals surface area contributed by atoms with Crippen molar-refractivity contribution in [2.24, 2.45) is 5.73 Å². The maximum Gasteiger partial charge on any atom is 0.195 e. The summed E-state index contributed by atoms with van der Waals surface area (Å²) in [4.78, 5) is 4.42. The summed E-state index contributed by atoms with van der Waals surface area (Å²) in [5, 5.41) is 0. The highest BCUT2D eigenvalue weighted by molar-refractivity contribution is 9.10. The van der Waals surface area contributed by atoms with Crippen molar-refractivity contribution in [1.29, 1.82) is 0 Å². The predicted molar refractivity (Wildman–Crippen MR) is 68.5 cm³/mol. The minimum atomic E-state index is 0.692. The Kier molecular flexibility index (Phi) is 3.61. The van der Waals surface area contributed by atoms with E-state index in [1.54, 1.807) is 0 Å². The Morgan fingerprint density at radius 3 is 2.94 bits per heavy atom. The Bertz CT molecular complexity index is 493. The molecule has 0 aliphatic carbocycles. The summed E-state index contributed by atoms with van der Waals surface area (Å²) in [6.45, 7) is 2.73. The number of fused-ring (bicyclic) bond motifs is 1. The molecular weight excluding hydrogens is 268 g/mol. The van der Waals surface area contributed by atoms with Crippen molar-refractivity contribution in [2.45, 2.75) is 26.2 Å². The van der Waals surface area contributed by atoms with E-state index in [1.165, 1.54) is 5.56 Å². The first-order valence-electron chi connectivity index (χ1n) is 5.53. The second-order valence-corrected chi connectivity index (χ2v) is 4.58. The maximum atomic E-state index is 5.74. The molecule has 0 saturated heterocycles. The largest absolute Gasteiger partial charge is 0.440 e. The lowest BCUT2D eigenvalue weighted by Crippen LogP contribution is -2.00. The lowest BCUT2D eigenvalue weighted by Gasteiger charge is -2.03. The van der Waals surface area contributed by atoms with Gasteiger partial charge in [0.15, 0.2) is 11.5 Å². The molecule has 0 atom stereocenters. The van der Waals surface area contributed by atoms with Crippen molar-refractivity contribution in [3.05, 3.63) is 28.1 Å². The molecule has 1 heterocycles. The van der Waals surface area contributed by atoms with Crippen molar-refractivity contribution in [3.8, 4) is 0 Å². The molecule has 0 saturated carbocycles. The average Bonchev–Trinajstić information content (AvgIpc) is 2.71. The molecule has 0 spiro atoms. The highest BCUT2D eigenvalue weighted by Gasteiger charge is 2.11. The number of benzene rings is 1. The fourth-order valence-corrected chi connectivity index (χ4v) is 2.24. The van der Waals surface area contributed by atoms with E-state index in [4.69, 9.17) is 10.2 Å². The van der Waals surface area contributed by atoms with Gasteiger partial charge in [0.25, 0.3) is 0 Å². The van der Waals surface area contributed by atoms with Crippen molar-refractivity contribution >= 4 is 27.0 Å². The van der Waals surface area contributed by atoms with Gasteiger partial charge in [-0.15, -0.1) is 0 Å². The molecule has 3 nitrogen and oxygen atoms in total. The van der Waals surface area contributed by atoms with Crippen molar-refractivity contribution in [3.63, 3.8) is 0 Å². The Morgan fingerprint density at radius 2 is 2.25 bits per heavy atom. The van der Waals surface area contributed by atoms with Crippen LogP contribution in [0.1, 0.15) is 24.8 Å². The molecule has 0 unspecified atom stereocenters. The third-order valence-electron chi connectivity index (χ3n) is 2.58. The Hall–Kier alpha value is -0.870. The number of nitrogens with two attached hydrogens (primary N) is 1. The number of hydrogen-bond donors (Lipinski definition) is 1. The molecule has 4 heteroatoms. The third-order valence-corrected chi connectivity index (χ3v) is 3.32. The van der Waals surface area contributed by atoms with Crippen LogP contribution in [0.25, 0.3) is 11.1 Å². The molecule has 0 amide bonds. The highest BCUT2D eigenvalue weighted by atomic mass is 79.9. The van der Waals surface area contributed by atoms with Gasteiger partial charge >= 0.3 is 0 Å². The summed E-state index contributed by atoms with van der Waals surface area (Å²) in [6.07, 6.45) is 2.70. The molecule has 2 N–H and O–H groups in total. The van der Waals surface area contributed by atoms with Gasteiger partial charge in [-0.1, -0.05) is 22.9 Å². The molecule has 0 fully saturated rings. The fraction of sp³-hybridized carbons (Fsp3) is 0.417. The van der Waals surface area contributed by atoms with Crippen molar-refractivity contribution in [2.75, 3.05) is 6.54 Å². The first kappa shape index (κ1) is 11.6. The predicted octanol–water partition coefficient (Wildman–Crippen LogP) is 3.04. The van der Waals surface area contributed by atoms with Crippen LogP contribution in [-0.4, -0.2) is 11.5 Å². The van der Waals surface area contributed by atoms with E-state index in [-0.39, 0.29) is 0 Å². The number of rotatable bonds is 4. The normalized spacial score (nSPS) is 11.2. The average molecular weight is 283 g/mol. The van der Waals surface area contributed by atoms with Crippen LogP contribution in [0.4, 0.5) is 0 Å². The van der Waals surface area contributed by atoms with Crippen LogP contribution in [0, 0.1) is 0 Å². The van der Waals surface area contributed by atoms with Crippen LogP contribution >= 0.6 is 15.9 Å². The van der Waals surface area contributed by atoms with Gasteiger partial charge in [-0.05, 0) is 31.5 Å². The van der Waals surface area contributed by atoms with Gasteiger partial charge in [-0.3, -0.25) is 0 Å². The van der Waals surface area contributed by atoms with Gasteiger partial charge < -0.3 is 10.2 Å². The maximum absolute atomic E-state index is 5.74. The molecule has 2 rings (SSSR count). The molecule has 86 valence electrons. The van der Waals surface area contributed by atoms with Gasteiger partial charge in [-0.25, -0.2) is 4.98 Å². The Morgan fingerprint density at radius 1 is 1.44 bits per heavy atom. The van der Waals surface area contributed by atoms with Crippen LogP contribution in [-0.2, 0) is 12.8 Å². The van der Waals surface area contributed by atoms with Crippen LogP contribution < -0.4 is 5.73 Å². The number of halogens is 1. The summed E-state index contributed by atoms with van der Waals surface area (Å²) in [7, 11) is 0. The van der Waals surface area contributed by atoms with Gasteiger partial charge in [-0.2, -0.15) is 0 Å². The zero-order valence-corrected chi connectivity index (χ0v) is 10.9. The molecule has 0 aliphatic rings. The quantitative estimate of drug-likeness (QED) is 0.938. The molecule has 16 heavy (non-hydrogen) atoms. The van der Waals surface area contributed by atoms with Gasteiger partial charge in [0.05, 0.1) is 0 Å². The SMILES string of the molecule is CCc1nc2ccc(Br)c(CCCN)c2o1. The molecule has 1 aromatic heterocycles. The topological polar surface area (TPSA) is 52.0 Å². The smallest absolute Gasteiger partial charge is 0.195 e. The summed E-state index contributed by atoms with van der Waals surface area (Å²) in [6, 6.07) is 4.00.